The largest absolute Gasteiger partial charge is 0.507 e. The highest BCUT2D eigenvalue weighted by atomic mass is 16.5. The number of ketones is 2. The van der Waals surface area contributed by atoms with Crippen LogP contribution in [-0.2, 0) is 11.2 Å². The zero-order valence-corrected chi connectivity index (χ0v) is 14.9. The van der Waals surface area contributed by atoms with E-state index < -0.39 is 23.2 Å². The van der Waals surface area contributed by atoms with E-state index in [0.29, 0.717) is 0 Å². The first-order valence-electron chi connectivity index (χ1n) is 8.38. The van der Waals surface area contributed by atoms with Crippen LogP contribution < -0.4 is 10.5 Å². The van der Waals surface area contributed by atoms with Crippen molar-refractivity contribution in [3.8, 4) is 17.2 Å². The van der Waals surface area contributed by atoms with Crippen LogP contribution in [0.4, 0.5) is 0 Å². The summed E-state index contributed by atoms with van der Waals surface area (Å²) in [5.74, 6) is -2.43. The van der Waals surface area contributed by atoms with E-state index >= 15 is 0 Å². The van der Waals surface area contributed by atoms with Crippen LogP contribution in [0.2, 0.25) is 0 Å². The van der Waals surface area contributed by atoms with Crippen molar-refractivity contribution in [2.75, 3.05) is 7.11 Å². The van der Waals surface area contributed by atoms with Crippen molar-refractivity contribution in [2.24, 2.45) is 11.7 Å². The summed E-state index contributed by atoms with van der Waals surface area (Å²) >= 11 is 0. The van der Waals surface area contributed by atoms with Crippen molar-refractivity contribution in [3.63, 3.8) is 0 Å². The molecule has 1 unspecified atom stereocenters. The van der Waals surface area contributed by atoms with Crippen LogP contribution in [0.1, 0.15) is 50.8 Å². The number of methoxy groups -OCH3 is 1. The first kappa shape index (κ1) is 18.4. The molecule has 27 heavy (non-hydrogen) atoms. The quantitative estimate of drug-likeness (QED) is 0.590. The number of primary amides is 1. The first-order chi connectivity index (χ1) is 12.8. The Morgan fingerprint density at radius 3 is 2.48 bits per heavy atom. The molecule has 7 nitrogen and oxygen atoms in total. The van der Waals surface area contributed by atoms with Crippen LogP contribution in [0.3, 0.4) is 0 Å². The number of aromatic hydroxyl groups is 2. The highest BCUT2D eigenvalue weighted by Crippen LogP contribution is 2.42. The Bertz CT molecular complexity index is 979. The minimum atomic E-state index is -0.596. The van der Waals surface area contributed by atoms with Crippen molar-refractivity contribution in [1.29, 1.82) is 0 Å². The van der Waals surface area contributed by atoms with E-state index in [1.165, 1.54) is 19.2 Å². The van der Waals surface area contributed by atoms with E-state index in [-0.39, 0.29) is 58.1 Å². The number of phenolic OH excluding ortho intramolecular Hbond substituents is 2. The van der Waals surface area contributed by atoms with Crippen LogP contribution in [0.15, 0.2) is 24.3 Å². The van der Waals surface area contributed by atoms with Gasteiger partial charge in [0.1, 0.15) is 17.2 Å². The molecule has 4 N–H and O–H groups in total. The molecule has 0 saturated heterocycles. The third-order valence-electron chi connectivity index (χ3n) is 4.65. The molecular weight excluding hydrogens is 350 g/mol. The summed E-state index contributed by atoms with van der Waals surface area (Å²) < 4.78 is 5.17. The maximum absolute atomic E-state index is 13.0. The number of amides is 1. The Labute approximate surface area is 155 Å². The molecule has 0 saturated carbocycles. The number of phenols is 2. The van der Waals surface area contributed by atoms with Gasteiger partial charge in [0, 0.05) is 12.0 Å². The van der Waals surface area contributed by atoms with Gasteiger partial charge in [-0.25, -0.2) is 0 Å². The summed E-state index contributed by atoms with van der Waals surface area (Å²) in [6, 6.07) is 5.84. The van der Waals surface area contributed by atoms with Crippen molar-refractivity contribution in [2.45, 2.75) is 19.8 Å². The van der Waals surface area contributed by atoms with Gasteiger partial charge in [0.25, 0.3) is 0 Å². The van der Waals surface area contributed by atoms with Gasteiger partial charge in [-0.1, -0.05) is 19.1 Å². The molecule has 140 valence electrons. The molecule has 2 aromatic rings. The second kappa shape index (κ2) is 6.75. The maximum atomic E-state index is 13.0. The molecule has 0 radical (unpaired) electrons. The van der Waals surface area contributed by atoms with Gasteiger partial charge in [-0.15, -0.1) is 0 Å². The van der Waals surface area contributed by atoms with E-state index in [1.807, 2.05) is 0 Å². The van der Waals surface area contributed by atoms with E-state index in [0.717, 1.165) is 0 Å². The summed E-state index contributed by atoms with van der Waals surface area (Å²) in [4.78, 5) is 37.0. The number of rotatable bonds is 5. The van der Waals surface area contributed by atoms with Gasteiger partial charge >= 0.3 is 0 Å². The Balaban J connectivity index is 2.15. The SMILES string of the molecule is COc1cccc2c1C(=O)c1c(O)cc(CC(C)CC(N)=O)c(O)c1C2=O. The molecule has 2 aromatic carbocycles. The summed E-state index contributed by atoms with van der Waals surface area (Å²) in [5.41, 5.74) is 5.13. The lowest BCUT2D eigenvalue weighted by atomic mass is 9.80. The minimum Gasteiger partial charge on any atom is -0.507 e. The molecule has 7 heteroatoms. The monoisotopic (exact) mass is 369 g/mol. The fourth-order valence-electron chi connectivity index (χ4n) is 3.49. The van der Waals surface area contributed by atoms with Crippen molar-refractivity contribution in [1.82, 2.24) is 0 Å². The fourth-order valence-corrected chi connectivity index (χ4v) is 3.49. The minimum absolute atomic E-state index is 0.0575. The lowest BCUT2D eigenvalue weighted by Gasteiger charge is -2.23. The average Bonchev–Trinajstić information content (AvgIpc) is 2.60. The highest BCUT2D eigenvalue weighted by molar-refractivity contribution is 6.31. The molecule has 1 aliphatic rings. The van der Waals surface area contributed by atoms with Gasteiger partial charge in [0.2, 0.25) is 11.7 Å². The molecule has 0 aromatic heterocycles. The first-order valence-corrected chi connectivity index (χ1v) is 8.38. The summed E-state index contributed by atoms with van der Waals surface area (Å²) in [6.45, 7) is 1.76. The number of nitrogens with two attached hydrogens (primary N) is 1. The lowest BCUT2D eigenvalue weighted by Crippen LogP contribution is -2.23. The van der Waals surface area contributed by atoms with Crippen LogP contribution >= 0.6 is 0 Å². The molecule has 0 aliphatic heterocycles. The van der Waals surface area contributed by atoms with Crippen LogP contribution in [0.5, 0.6) is 17.2 Å². The van der Waals surface area contributed by atoms with Crippen molar-refractivity contribution in [3.05, 3.63) is 52.1 Å². The molecular formula is C20H19NO6. The standard InChI is InChI=1S/C20H19NO6/c1-9(7-14(21)23)6-10-8-12(22)16-17(18(10)24)19(25)11-4-3-5-13(27-2)15(11)20(16)26/h3-5,8-9,22,24H,6-7H2,1-2H3,(H2,21,23). The Hall–Kier alpha value is -3.35. The number of carbonyl (C=O) groups is 3. The van der Waals surface area contributed by atoms with Gasteiger partial charge in [-0.3, -0.25) is 14.4 Å². The topological polar surface area (TPSA) is 127 Å². The van der Waals surface area contributed by atoms with Gasteiger partial charge < -0.3 is 20.7 Å². The fraction of sp³-hybridized carbons (Fsp3) is 0.250. The second-order valence-electron chi connectivity index (χ2n) is 6.67. The number of benzene rings is 2. The average molecular weight is 369 g/mol. The number of ether oxygens (including phenoxy) is 1. The zero-order chi connectivity index (χ0) is 19.9. The van der Waals surface area contributed by atoms with E-state index in [4.69, 9.17) is 10.5 Å². The maximum Gasteiger partial charge on any atom is 0.217 e. The number of hydrogen-bond donors (Lipinski definition) is 3. The molecule has 0 spiro atoms. The van der Waals surface area contributed by atoms with E-state index in [1.54, 1.807) is 19.1 Å². The molecule has 0 heterocycles. The van der Waals surface area contributed by atoms with Crippen molar-refractivity contribution >= 4 is 17.5 Å². The van der Waals surface area contributed by atoms with Gasteiger partial charge in [-0.2, -0.15) is 0 Å². The summed E-state index contributed by atoms with van der Waals surface area (Å²) in [7, 11) is 1.38. The zero-order valence-electron chi connectivity index (χ0n) is 14.9. The predicted molar refractivity (Wildman–Crippen MR) is 96.3 cm³/mol. The number of fused-ring (bicyclic) bond motifs is 2. The van der Waals surface area contributed by atoms with E-state index in [9.17, 15) is 24.6 Å². The van der Waals surface area contributed by atoms with Crippen molar-refractivity contribution < 1.29 is 29.3 Å². The van der Waals surface area contributed by atoms with Gasteiger partial charge in [-0.05, 0) is 30.0 Å². The Kier molecular flexibility index (Phi) is 4.61. The molecule has 0 fully saturated rings. The Morgan fingerprint density at radius 1 is 1.15 bits per heavy atom. The van der Waals surface area contributed by atoms with E-state index in [2.05, 4.69) is 0 Å². The summed E-state index contributed by atoms with van der Waals surface area (Å²) in [5, 5.41) is 21.1. The number of carbonyl (C=O) groups excluding carboxylic acids is 3. The highest BCUT2D eigenvalue weighted by Gasteiger charge is 2.37. The third kappa shape index (κ3) is 3.01. The third-order valence-corrected chi connectivity index (χ3v) is 4.65. The normalized spacial score (nSPS) is 13.7. The molecule has 1 atom stereocenters. The summed E-state index contributed by atoms with van der Waals surface area (Å²) in [6.07, 6.45) is 0.298. The molecule has 1 amide bonds. The molecule has 0 bridgehead atoms. The van der Waals surface area contributed by atoms with Gasteiger partial charge in [0.15, 0.2) is 5.78 Å². The smallest absolute Gasteiger partial charge is 0.217 e. The predicted octanol–water partition coefficient (Wildman–Crippen LogP) is 1.94. The lowest BCUT2D eigenvalue weighted by molar-refractivity contribution is -0.118. The molecule has 1 aliphatic carbocycles. The van der Waals surface area contributed by atoms with Crippen LogP contribution in [-0.4, -0.2) is 34.8 Å². The van der Waals surface area contributed by atoms with Gasteiger partial charge in [0.05, 0.1) is 23.8 Å². The Morgan fingerprint density at radius 2 is 1.85 bits per heavy atom. The second-order valence-corrected chi connectivity index (χ2v) is 6.67. The van der Waals surface area contributed by atoms with Crippen LogP contribution in [0.25, 0.3) is 0 Å². The van der Waals surface area contributed by atoms with Crippen LogP contribution in [0, 0.1) is 5.92 Å². The molecule has 3 rings (SSSR count). The number of hydrogen-bond acceptors (Lipinski definition) is 6.